The molecular formula is C17H22N2O2. The summed E-state index contributed by atoms with van der Waals surface area (Å²) in [6, 6.07) is 16.1. The van der Waals surface area contributed by atoms with Gasteiger partial charge in [-0.05, 0) is 48.7 Å². The van der Waals surface area contributed by atoms with Gasteiger partial charge in [0.25, 0.3) is 0 Å². The summed E-state index contributed by atoms with van der Waals surface area (Å²) in [5.41, 5.74) is 5.18. The molecule has 0 amide bonds. The molecule has 0 fully saturated rings. The number of ether oxygens (including phenoxy) is 2. The van der Waals surface area contributed by atoms with Crippen molar-refractivity contribution in [2.24, 2.45) is 5.84 Å². The minimum Gasteiger partial charge on any atom is -0.497 e. The molecule has 0 saturated heterocycles. The fraction of sp³-hybridized carbons (Fsp3) is 0.294. The Balaban J connectivity index is 2.11. The van der Waals surface area contributed by atoms with Crippen LogP contribution in [0.2, 0.25) is 0 Å². The lowest BCUT2D eigenvalue weighted by Gasteiger charge is -2.17. The molecule has 1 atom stereocenters. The molecule has 0 heterocycles. The predicted octanol–water partition coefficient (Wildman–Crippen LogP) is 2.84. The van der Waals surface area contributed by atoms with Crippen LogP contribution in [0.15, 0.2) is 48.5 Å². The van der Waals surface area contributed by atoms with Gasteiger partial charge in [0, 0.05) is 6.04 Å². The molecule has 2 rings (SSSR count). The van der Waals surface area contributed by atoms with E-state index in [0.717, 1.165) is 23.5 Å². The molecular weight excluding hydrogens is 264 g/mol. The van der Waals surface area contributed by atoms with Crippen LogP contribution in [-0.2, 0) is 6.42 Å². The Morgan fingerprint density at radius 1 is 1.10 bits per heavy atom. The summed E-state index contributed by atoms with van der Waals surface area (Å²) in [7, 11) is 1.67. The number of nitrogens with one attached hydrogen (secondary N) is 1. The Labute approximate surface area is 125 Å². The van der Waals surface area contributed by atoms with Gasteiger partial charge in [-0.1, -0.05) is 24.3 Å². The quantitative estimate of drug-likeness (QED) is 0.607. The van der Waals surface area contributed by atoms with Crippen molar-refractivity contribution in [3.63, 3.8) is 0 Å². The molecule has 0 bridgehead atoms. The van der Waals surface area contributed by atoms with Crippen LogP contribution >= 0.6 is 0 Å². The summed E-state index contributed by atoms with van der Waals surface area (Å²) in [4.78, 5) is 0. The van der Waals surface area contributed by atoms with Crippen molar-refractivity contribution < 1.29 is 9.47 Å². The number of hydrogen-bond acceptors (Lipinski definition) is 4. The highest BCUT2D eigenvalue weighted by atomic mass is 16.5. The molecule has 0 aliphatic heterocycles. The van der Waals surface area contributed by atoms with E-state index in [1.165, 1.54) is 5.56 Å². The Morgan fingerprint density at radius 3 is 2.48 bits per heavy atom. The summed E-state index contributed by atoms with van der Waals surface area (Å²) >= 11 is 0. The average molecular weight is 286 g/mol. The second kappa shape index (κ2) is 7.67. The van der Waals surface area contributed by atoms with Crippen LogP contribution in [0.5, 0.6) is 11.5 Å². The van der Waals surface area contributed by atoms with E-state index >= 15 is 0 Å². The van der Waals surface area contributed by atoms with Crippen LogP contribution in [0.4, 0.5) is 0 Å². The lowest BCUT2D eigenvalue weighted by Crippen LogP contribution is -2.29. The van der Waals surface area contributed by atoms with Crippen LogP contribution in [0, 0.1) is 0 Å². The van der Waals surface area contributed by atoms with Crippen molar-refractivity contribution in [3.05, 3.63) is 59.7 Å². The zero-order valence-corrected chi connectivity index (χ0v) is 12.5. The van der Waals surface area contributed by atoms with Crippen LogP contribution < -0.4 is 20.7 Å². The van der Waals surface area contributed by atoms with E-state index in [1.807, 2.05) is 49.4 Å². The van der Waals surface area contributed by atoms with Crippen LogP contribution in [0.25, 0.3) is 0 Å². The lowest BCUT2D eigenvalue weighted by atomic mass is 9.99. The van der Waals surface area contributed by atoms with Crippen LogP contribution in [0.3, 0.4) is 0 Å². The largest absolute Gasteiger partial charge is 0.497 e. The number of hydrazine groups is 1. The Kier molecular flexibility index (Phi) is 5.60. The minimum atomic E-state index is 0.0489. The number of hydrogen-bond donors (Lipinski definition) is 2. The first-order chi connectivity index (χ1) is 10.3. The Hall–Kier alpha value is -2.04. The van der Waals surface area contributed by atoms with Gasteiger partial charge in [-0.2, -0.15) is 0 Å². The van der Waals surface area contributed by atoms with Gasteiger partial charge in [0.15, 0.2) is 0 Å². The topological polar surface area (TPSA) is 56.5 Å². The van der Waals surface area contributed by atoms with Crippen molar-refractivity contribution in [1.82, 2.24) is 5.43 Å². The molecule has 0 aromatic heterocycles. The summed E-state index contributed by atoms with van der Waals surface area (Å²) in [5.74, 6) is 7.44. The summed E-state index contributed by atoms with van der Waals surface area (Å²) in [6.07, 6.45) is 0.793. The molecule has 4 nitrogen and oxygen atoms in total. The summed E-state index contributed by atoms with van der Waals surface area (Å²) < 4.78 is 10.7. The molecule has 0 radical (unpaired) electrons. The summed E-state index contributed by atoms with van der Waals surface area (Å²) in [6.45, 7) is 2.64. The zero-order valence-electron chi connectivity index (χ0n) is 12.5. The van der Waals surface area contributed by atoms with E-state index in [0.29, 0.717) is 6.61 Å². The van der Waals surface area contributed by atoms with E-state index in [1.54, 1.807) is 7.11 Å². The number of benzene rings is 2. The van der Waals surface area contributed by atoms with Gasteiger partial charge < -0.3 is 9.47 Å². The minimum absolute atomic E-state index is 0.0489. The maximum absolute atomic E-state index is 5.71. The number of nitrogens with two attached hydrogens (primary N) is 1. The first-order valence-electron chi connectivity index (χ1n) is 7.08. The van der Waals surface area contributed by atoms with Gasteiger partial charge in [0.05, 0.1) is 13.7 Å². The van der Waals surface area contributed by atoms with Crippen molar-refractivity contribution in [2.45, 2.75) is 19.4 Å². The fourth-order valence-electron chi connectivity index (χ4n) is 2.27. The third-order valence-corrected chi connectivity index (χ3v) is 3.37. The predicted molar refractivity (Wildman–Crippen MR) is 84.4 cm³/mol. The SMILES string of the molecule is CCOc1ccc(C(Cc2cccc(OC)c2)NN)cc1. The maximum atomic E-state index is 5.71. The molecule has 2 aromatic rings. The van der Waals surface area contributed by atoms with Crippen molar-refractivity contribution in [3.8, 4) is 11.5 Å². The van der Waals surface area contributed by atoms with E-state index in [4.69, 9.17) is 15.3 Å². The highest BCUT2D eigenvalue weighted by Gasteiger charge is 2.11. The lowest BCUT2D eigenvalue weighted by molar-refractivity contribution is 0.340. The van der Waals surface area contributed by atoms with Crippen LogP contribution in [-0.4, -0.2) is 13.7 Å². The third kappa shape index (κ3) is 4.21. The molecule has 0 aliphatic rings. The Morgan fingerprint density at radius 2 is 1.86 bits per heavy atom. The molecule has 112 valence electrons. The van der Waals surface area contributed by atoms with Gasteiger partial charge in [-0.15, -0.1) is 0 Å². The number of rotatable bonds is 7. The molecule has 0 saturated carbocycles. The molecule has 21 heavy (non-hydrogen) atoms. The molecule has 4 heteroatoms. The van der Waals surface area contributed by atoms with Crippen molar-refractivity contribution in [1.29, 1.82) is 0 Å². The third-order valence-electron chi connectivity index (χ3n) is 3.37. The summed E-state index contributed by atoms with van der Waals surface area (Å²) in [5, 5.41) is 0. The van der Waals surface area contributed by atoms with Crippen LogP contribution in [0.1, 0.15) is 24.1 Å². The molecule has 1 unspecified atom stereocenters. The molecule has 0 spiro atoms. The second-order valence-corrected chi connectivity index (χ2v) is 4.78. The maximum Gasteiger partial charge on any atom is 0.119 e. The van der Waals surface area contributed by atoms with Gasteiger partial charge in [0.2, 0.25) is 0 Å². The van der Waals surface area contributed by atoms with E-state index in [9.17, 15) is 0 Å². The monoisotopic (exact) mass is 286 g/mol. The highest BCUT2D eigenvalue weighted by molar-refractivity contribution is 5.33. The normalized spacial score (nSPS) is 12.0. The number of methoxy groups -OCH3 is 1. The van der Waals surface area contributed by atoms with Gasteiger partial charge in [0.1, 0.15) is 11.5 Å². The standard InChI is InChI=1S/C17H22N2O2/c1-3-21-15-9-7-14(8-10-15)17(19-18)12-13-5-4-6-16(11-13)20-2/h4-11,17,19H,3,12,18H2,1-2H3. The van der Waals surface area contributed by atoms with Gasteiger partial charge in [-0.3, -0.25) is 11.3 Å². The van der Waals surface area contributed by atoms with Crippen molar-refractivity contribution in [2.75, 3.05) is 13.7 Å². The van der Waals surface area contributed by atoms with Gasteiger partial charge in [-0.25, -0.2) is 0 Å². The molecule has 2 aromatic carbocycles. The first kappa shape index (κ1) is 15.4. The molecule has 3 N–H and O–H groups in total. The first-order valence-corrected chi connectivity index (χ1v) is 7.08. The average Bonchev–Trinajstić information content (AvgIpc) is 2.54. The van der Waals surface area contributed by atoms with Crippen molar-refractivity contribution >= 4 is 0 Å². The zero-order chi connectivity index (χ0) is 15.1. The Bertz CT molecular complexity index is 555. The van der Waals surface area contributed by atoms with E-state index in [-0.39, 0.29) is 6.04 Å². The smallest absolute Gasteiger partial charge is 0.119 e. The molecule has 0 aliphatic carbocycles. The van der Waals surface area contributed by atoms with E-state index < -0.39 is 0 Å². The fourth-order valence-corrected chi connectivity index (χ4v) is 2.27. The second-order valence-electron chi connectivity index (χ2n) is 4.78. The van der Waals surface area contributed by atoms with Gasteiger partial charge >= 0.3 is 0 Å². The highest BCUT2D eigenvalue weighted by Crippen LogP contribution is 2.22. The van der Waals surface area contributed by atoms with E-state index in [2.05, 4.69) is 11.5 Å².